The van der Waals surface area contributed by atoms with E-state index in [1.165, 1.54) is 6.92 Å². The minimum atomic E-state index is -1.18. The van der Waals surface area contributed by atoms with Gasteiger partial charge in [0.2, 0.25) is 5.91 Å². The van der Waals surface area contributed by atoms with Crippen molar-refractivity contribution in [3.8, 4) is 11.6 Å². The lowest BCUT2D eigenvalue weighted by Gasteiger charge is -2.40. The second-order valence-corrected chi connectivity index (χ2v) is 7.69. The molecule has 0 spiro atoms. The Hall–Kier alpha value is -3.23. The number of carbonyl (C=O) groups is 3. The zero-order valence-corrected chi connectivity index (χ0v) is 16.4. The third-order valence-corrected chi connectivity index (χ3v) is 6.09. The summed E-state index contributed by atoms with van der Waals surface area (Å²) in [4.78, 5) is 38.3. The highest BCUT2D eigenvalue weighted by atomic mass is 16.5. The number of urea groups is 1. The van der Waals surface area contributed by atoms with E-state index in [1.54, 1.807) is 41.0 Å². The number of nitrogens with one attached hydrogen (secondary N) is 2. The molecule has 2 aliphatic heterocycles. The lowest BCUT2D eigenvalue weighted by Crippen LogP contribution is -2.58. The fourth-order valence-electron chi connectivity index (χ4n) is 4.47. The van der Waals surface area contributed by atoms with E-state index in [1.807, 2.05) is 0 Å². The molecule has 0 bridgehead atoms. The van der Waals surface area contributed by atoms with Crippen molar-refractivity contribution in [2.75, 3.05) is 20.2 Å². The molecule has 154 valence electrons. The van der Waals surface area contributed by atoms with E-state index >= 15 is 0 Å². The summed E-state index contributed by atoms with van der Waals surface area (Å²) in [5, 5.41) is 17.3. The van der Waals surface area contributed by atoms with Gasteiger partial charge in [-0.25, -0.2) is 4.79 Å². The lowest BCUT2D eigenvalue weighted by molar-refractivity contribution is -0.132. The van der Waals surface area contributed by atoms with Gasteiger partial charge in [0.25, 0.3) is 5.91 Å². The first kappa shape index (κ1) is 19.1. The summed E-state index contributed by atoms with van der Waals surface area (Å²) in [7, 11) is 1.57. The number of aromatic hydroxyl groups is 1. The Morgan fingerprint density at radius 2 is 2.03 bits per heavy atom. The summed E-state index contributed by atoms with van der Waals surface area (Å²) in [5.41, 5.74) is -1.18. The van der Waals surface area contributed by atoms with Gasteiger partial charge in [-0.15, -0.1) is 0 Å². The van der Waals surface area contributed by atoms with Crippen molar-refractivity contribution in [2.45, 2.75) is 31.8 Å². The van der Waals surface area contributed by atoms with Gasteiger partial charge in [-0.2, -0.15) is 0 Å². The highest BCUT2D eigenvalue weighted by molar-refractivity contribution is 6.07. The number of aromatic nitrogens is 1. The summed E-state index contributed by atoms with van der Waals surface area (Å²) in [6, 6.07) is 4.77. The number of nitrogens with zero attached hydrogens (tertiary/aromatic N) is 2. The van der Waals surface area contributed by atoms with Crippen LogP contribution in [0.25, 0.3) is 10.8 Å². The van der Waals surface area contributed by atoms with Gasteiger partial charge < -0.3 is 24.6 Å². The molecule has 2 aromatic rings. The first-order valence-corrected chi connectivity index (χ1v) is 9.59. The molecule has 9 heteroatoms. The number of hydrogen-bond donors (Lipinski definition) is 3. The van der Waals surface area contributed by atoms with Gasteiger partial charge in [-0.3, -0.25) is 14.9 Å². The highest BCUT2D eigenvalue weighted by Crippen LogP contribution is 2.36. The quantitative estimate of drug-likeness (QED) is 0.668. The SMILES string of the molecule is COc1ccc2c(O)n(CC3(C4CCN(C(C)=O)CC4)NC(=O)NC3=O)cc2c1. The number of piperidine rings is 1. The average molecular weight is 400 g/mol. The molecule has 29 heavy (non-hydrogen) atoms. The van der Waals surface area contributed by atoms with E-state index in [-0.39, 0.29) is 24.2 Å². The molecular formula is C20H24N4O5. The molecule has 0 radical (unpaired) electrons. The summed E-state index contributed by atoms with van der Waals surface area (Å²) < 4.78 is 6.83. The van der Waals surface area contributed by atoms with Crippen LogP contribution in [-0.2, 0) is 16.1 Å². The smallest absolute Gasteiger partial charge is 0.322 e. The van der Waals surface area contributed by atoms with Gasteiger partial charge in [0.05, 0.1) is 13.7 Å². The van der Waals surface area contributed by atoms with Crippen LogP contribution in [0.15, 0.2) is 24.4 Å². The molecule has 4 amide bonds. The van der Waals surface area contributed by atoms with Gasteiger partial charge in [-0.05, 0) is 37.0 Å². The molecule has 1 unspecified atom stereocenters. The van der Waals surface area contributed by atoms with Crippen molar-refractivity contribution in [1.82, 2.24) is 20.1 Å². The molecule has 1 aromatic carbocycles. The minimum absolute atomic E-state index is 0.000611. The zero-order chi connectivity index (χ0) is 20.8. The topological polar surface area (TPSA) is 113 Å². The molecule has 1 atom stereocenters. The van der Waals surface area contributed by atoms with E-state index in [2.05, 4.69) is 10.6 Å². The summed E-state index contributed by atoms with van der Waals surface area (Å²) in [6.45, 7) is 2.68. The fraction of sp³-hybridized carbons (Fsp3) is 0.450. The fourth-order valence-corrected chi connectivity index (χ4v) is 4.47. The molecule has 1 aromatic heterocycles. The predicted molar refractivity (Wildman–Crippen MR) is 105 cm³/mol. The molecule has 3 heterocycles. The Morgan fingerprint density at radius 1 is 1.31 bits per heavy atom. The van der Waals surface area contributed by atoms with Crippen LogP contribution in [-0.4, -0.2) is 58.2 Å². The van der Waals surface area contributed by atoms with Crippen molar-refractivity contribution < 1.29 is 24.2 Å². The second-order valence-electron chi connectivity index (χ2n) is 7.69. The molecule has 2 fully saturated rings. The highest BCUT2D eigenvalue weighted by Gasteiger charge is 2.53. The monoisotopic (exact) mass is 400 g/mol. The van der Waals surface area contributed by atoms with Gasteiger partial charge in [0, 0.05) is 37.0 Å². The van der Waals surface area contributed by atoms with Crippen LogP contribution in [0, 0.1) is 5.92 Å². The molecule has 0 saturated carbocycles. The number of hydrogen-bond acceptors (Lipinski definition) is 5. The number of imide groups is 1. The number of methoxy groups -OCH3 is 1. The first-order chi connectivity index (χ1) is 13.8. The van der Waals surface area contributed by atoms with Crippen molar-refractivity contribution in [2.24, 2.45) is 5.92 Å². The van der Waals surface area contributed by atoms with E-state index in [9.17, 15) is 19.5 Å². The van der Waals surface area contributed by atoms with E-state index in [0.717, 1.165) is 5.39 Å². The van der Waals surface area contributed by atoms with Crippen LogP contribution in [0.2, 0.25) is 0 Å². The first-order valence-electron chi connectivity index (χ1n) is 9.59. The van der Waals surface area contributed by atoms with Crippen molar-refractivity contribution in [3.05, 3.63) is 24.4 Å². The molecular weight excluding hydrogens is 376 g/mol. The maximum absolute atomic E-state index is 12.9. The average Bonchev–Trinajstić information content (AvgIpc) is 3.17. The molecule has 2 aliphatic rings. The van der Waals surface area contributed by atoms with Crippen LogP contribution in [0.4, 0.5) is 4.79 Å². The van der Waals surface area contributed by atoms with Gasteiger partial charge >= 0.3 is 6.03 Å². The maximum atomic E-state index is 12.9. The van der Waals surface area contributed by atoms with Gasteiger partial charge in [0.15, 0.2) is 5.88 Å². The van der Waals surface area contributed by atoms with E-state index in [0.29, 0.717) is 37.1 Å². The molecule has 2 saturated heterocycles. The second kappa shape index (κ2) is 6.98. The molecule has 3 N–H and O–H groups in total. The molecule has 4 rings (SSSR count). The number of benzene rings is 1. The third-order valence-electron chi connectivity index (χ3n) is 6.09. The third kappa shape index (κ3) is 3.16. The van der Waals surface area contributed by atoms with Crippen LogP contribution in [0.1, 0.15) is 19.8 Å². The van der Waals surface area contributed by atoms with E-state index < -0.39 is 17.5 Å². The minimum Gasteiger partial charge on any atom is -0.497 e. The lowest BCUT2D eigenvalue weighted by atomic mass is 9.77. The molecule has 9 nitrogen and oxygen atoms in total. The Bertz CT molecular complexity index is 992. The van der Waals surface area contributed by atoms with Crippen LogP contribution in [0.3, 0.4) is 0 Å². The van der Waals surface area contributed by atoms with Crippen LogP contribution >= 0.6 is 0 Å². The summed E-state index contributed by atoms with van der Waals surface area (Å²) in [5.74, 6) is 0.119. The largest absolute Gasteiger partial charge is 0.497 e. The van der Waals surface area contributed by atoms with Gasteiger partial charge in [0.1, 0.15) is 11.3 Å². The number of rotatable bonds is 4. The maximum Gasteiger partial charge on any atom is 0.322 e. The van der Waals surface area contributed by atoms with Crippen molar-refractivity contribution in [3.63, 3.8) is 0 Å². The van der Waals surface area contributed by atoms with Crippen molar-refractivity contribution in [1.29, 1.82) is 0 Å². The normalized spacial score (nSPS) is 22.6. The van der Waals surface area contributed by atoms with Gasteiger partial charge in [-0.1, -0.05) is 0 Å². The standard InChI is InChI=1S/C20H24N4O5/c1-12(25)23-7-5-14(6-8-23)20(18(27)21-19(28)22-20)11-24-10-13-9-15(29-2)3-4-16(13)17(24)26/h3-4,9-10,14,26H,5-8,11H2,1-2H3,(H2,21,22,27,28). The Kier molecular flexibility index (Phi) is 4.60. The summed E-state index contributed by atoms with van der Waals surface area (Å²) in [6.07, 6.45) is 2.92. The molecule has 0 aliphatic carbocycles. The Balaban J connectivity index is 1.68. The zero-order valence-electron chi connectivity index (χ0n) is 16.4. The van der Waals surface area contributed by atoms with Crippen LogP contribution in [0.5, 0.6) is 11.6 Å². The predicted octanol–water partition coefficient (Wildman–Crippen LogP) is 1.19. The number of likely N-dealkylation sites (tertiary alicyclic amines) is 1. The Labute approximate surface area is 167 Å². The summed E-state index contributed by atoms with van der Waals surface area (Å²) >= 11 is 0. The van der Waals surface area contributed by atoms with Crippen molar-refractivity contribution >= 4 is 28.6 Å². The number of amides is 4. The van der Waals surface area contributed by atoms with E-state index in [4.69, 9.17) is 4.74 Å². The Morgan fingerprint density at radius 3 is 2.62 bits per heavy atom. The number of ether oxygens (including phenoxy) is 1. The number of fused-ring (bicyclic) bond motifs is 1. The number of carbonyl (C=O) groups excluding carboxylic acids is 3. The van der Waals surface area contributed by atoms with Crippen LogP contribution < -0.4 is 15.4 Å².